The Morgan fingerprint density at radius 3 is 2.03 bits per heavy atom. The molecule has 0 aliphatic rings. The third kappa shape index (κ3) is 5.53. The summed E-state index contributed by atoms with van der Waals surface area (Å²) in [5.74, 6) is -5.85. The molecule has 0 atom stereocenters. The van der Waals surface area contributed by atoms with Gasteiger partial charge in [-0.15, -0.1) is 4.73 Å². The second-order valence-corrected chi connectivity index (χ2v) is 8.10. The number of nitrogens with zero attached hydrogens (tertiary/aromatic N) is 3. The summed E-state index contributed by atoms with van der Waals surface area (Å²) in [5, 5.41) is 0. The lowest BCUT2D eigenvalue weighted by Crippen LogP contribution is -2.44. The predicted molar refractivity (Wildman–Crippen MR) is 99.3 cm³/mol. The number of nitrogens with one attached hydrogen (secondary N) is 1. The molecule has 0 fully saturated rings. The molecule has 3 N–H and O–H groups in total. The number of imidazole rings is 1. The number of nitrogen functional groups attached to an aromatic ring is 1. The molecule has 12 heteroatoms. The SMILES string of the molecule is CC(C)(C)OC(=O)C(C(=O)On1cnc2c(=O)[nH]c(N)nc21)C(=O)OC(C)(C)C. The molecule has 158 valence electrons. The molecule has 0 unspecified atom stereocenters. The highest BCUT2D eigenvalue weighted by molar-refractivity contribution is 6.12. The average molecular weight is 409 g/mol. The topological polar surface area (TPSA) is 168 Å². The molecule has 0 radical (unpaired) electrons. The number of H-pyrrole nitrogens is 1. The van der Waals surface area contributed by atoms with E-state index in [2.05, 4.69) is 15.0 Å². The van der Waals surface area contributed by atoms with Crippen LogP contribution in [-0.4, -0.2) is 48.8 Å². The second-order valence-electron chi connectivity index (χ2n) is 8.10. The summed E-state index contributed by atoms with van der Waals surface area (Å²) in [6, 6.07) is 0. The first-order valence-corrected chi connectivity index (χ1v) is 8.59. The highest BCUT2D eigenvalue weighted by Gasteiger charge is 2.43. The second kappa shape index (κ2) is 7.53. The van der Waals surface area contributed by atoms with E-state index in [4.69, 9.17) is 20.0 Å². The average Bonchev–Trinajstić information content (AvgIpc) is 2.86. The number of aromatic amines is 1. The van der Waals surface area contributed by atoms with Crippen molar-refractivity contribution in [3.63, 3.8) is 0 Å². The zero-order chi connectivity index (χ0) is 22.1. The van der Waals surface area contributed by atoms with E-state index in [1.54, 1.807) is 41.5 Å². The number of fused-ring (bicyclic) bond motifs is 1. The van der Waals surface area contributed by atoms with Crippen molar-refractivity contribution in [1.29, 1.82) is 0 Å². The number of nitrogens with two attached hydrogens (primary N) is 1. The van der Waals surface area contributed by atoms with Crippen LogP contribution in [0.15, 0.2) is 11.1 Å². The molecule has 2 aromatic rings. The van der Waals surface area contributed by atoms with Gasteiger partial charge in [0.1, 0.15) is 17.5 Å². The first-order chi connectivity index (χ1) is 13.2. The van der Waals surface area contributed by atoms with E-state index in [1.165, 1.54) is 0 Å². The van der Waals surface area contributed by atoms with Crippen molar-refractivity contribution in [2.75, 3.05) is 5.73 Å². The zero-order valence-corrected chi connectivity index (χ0v) is 16.9. The van der Waals surface area contributed by atoms with Gasteiger partial charge in [0.2, 0.25) is 11.6 Å². The first kappa shape index (κ1) is 21.9. The number of rotatable bonds is 4. The number of ether oxygens (including phenoxy) is 2. The van der Waals surface area contributed by atoms with Crippen LogP contribution in [0.2, 0.25) is 0 Å². The molecule has 0 bridgehead atoms. The molecular weight excluding hydrogens is 386 g/mol. The van der Waals surface area contributed by atoms with E-state index in [1.807, 2.05) is 0 Å². The van der Waals surface area contributed by atoms with E-state index in [-0.39, 0.29) is 17.1 Å². The van der Waals surface area contributed by atoms with Crippen LogP contribution in [0, 0.1) is 5.92 Å². The molecule has 0 aromatic carbocycles. The van der Waals surface area contributed by atoms with Crippen molar-refractivity contribution in [2.45, 2.75) is 52.7 Å². The van der Waals surface area contributed by atoms with E-state index < -0.39 is 40.6 Å². The van der Waals surface area contributed by atoms with Gasteiger partial charge in [-0.1, -0.05) is 0 Å². The van der Waals surface area contributed by atoms with Gasteiger partial charge < -0.3 is 20.0 Å². The molecule has 2 aromatic heterocycles. The van der Waals surface area contributed by atoms with Gasteiger partial charge in [0.25, 0.3) is 11.5 Å². The Hall–Kier alpha value is -3.44. The highest BCUT2D eigenvalue weighted by Crippen LogP contribution is 2.17. The molecule has 12 nitrogen and oxygen atoms in total. The van der Waals surface area contributed by atoms with Crippen LogP contribution in [0.5, 0.6) is 0 Å². The van der Waals surface area contributed by atoms with Gasteiger partial charge in [-0.25, -0.2) is 9.78 Å². The minimum Gasteiger partial charge on any atom is -0.459 e. The maximum absolute atomic E-state index is 12.7. The van der Waals surface area contributed by atoms with Crippen molar-refractivity contribution >= 4 is 35.0 Å². The maximum Gasteiger partial charge on any atom is 0.358 e. The predicted octanol–water partition coefficient (Wildman–Crippen LogP) is -0.0434. The van der Waals surface area contributed by atoms with Gasteiger partial charge in [0.05, 0.1) is 0 Å². The third-order valence-corrected chi connectivity index (χ3v) is 3.10. The number of aromatic nitrogens is 4. The Bertz CT molecular complexity index is 982. The number of carbonyl (C=O) groups is 3. The molecule has 29 heavy (non-hydrogen) atoms. The van der Waals surface area contributed by atoms with E-state index in [9.17, 15) is 19.2 Å². The number of carbonyl (C=O) groups excluding carboxylic acids is 3. The Morgan fingerprint density at radius 2 is 1.55 bits per heavy atom. The molecule has 0 saturated heterocycles. The van der Waals surface area contributed by atoms with Gasteiger partial charge in [-0.2, -0.15) is 4.98 Å². The highest BCUT2D eigenvalue weighted by atomic mass is 16.7. The quantitative estimate of drug-likeness (QED) is 0.516. The van der Waals surface area contributed by atoms with Crippen LogP contribution in [0.1, 0.15) is 41.5 Å². The number of hydrogen-bond acceptors (Lipinski definition) is 10. The number of esters is 2. The monoisotopic (exact) mass is 409 g/mol. The molecule has 2 rings (SSSR count). The fourth-order valence-corrected chi connectivity index (χ4v) is 2.13. The van der Waals surface area contributed by atoms with Crippen LogP contribution in [0.25, 0.3) is 11.2 Å². The van der Waals surface area contributed by atoms with Gasteiger partial charge in [-0.3, -0.25) is 19.4 Å². The van der Waals surface area contributed by atoms with E-state index in [0.29, 0.717) is 0 Å². The van der Waals surface area contributed by atoms with Crippen molar-refractivity contribution in [2.24, 2.45) is 5.92 Å². The van der Waals surface area contributed by atoms with Crippen LogP contribution in [-0.2, 0) is 23.9 Å². The summed E-state index contributed by atoms with van der Waals surface area (Å²) in [6.45, 7) is 9.44. The summed E-state index contributed by atoms with van der Waals surface area (Å²) >= 11 is 0. The van der Waals surface area contributed by atoms with E-state index >= 15 is 0 Å². The van der Waals surface area contributed by atoms with Gasteiger partial charge >= 0.3 is 17.9 Å². The van der Waals surface area contributed by atoms with Gasteiger partial charge in [-0.05, 0) is 41.5 Å². The van der Waals surface area contributed by atoms with Crippen LogP contribution >= 0.6 is 0 Å². The Labute approximate surface area is 165 Å². The lowest BCUT2D eigenvalue weighted by molar-refractivity contribution is -0.181. The molecule has 2 heterocycles. The third-order valence-electron chi connectivity index (χ3n) is 3.10. The molecule has 0 amide bonds. The van der Waals surface area contributed by atoms with Gasteiger partial charge in [0.15, 0.2) is 5.52 Å². The van der Waals surface area contributed by atoms with Crippen LogP contribution in [0.3, 0.4) is 0 Å². The molecule has 0 spiro atoms. The summed E-state index contributed by atoms with van der Waals surface area (Å²) in [4.78, 5) is 64.4. The molecule has 0 saturated carbocycles. The van der Waals surface area contributed by atoms with E-state index in [0.717, 1.165) is 11.1 Å². The fourth-order valence-electron chi connectivity index (χ4n) is 2.13. The maximum atomic E-state index is 12.7. The minimum absolute atomic E-state index is 0.155. The standard InChI is InChI=1S/C17H23N5O7/c1-16(2,3)27-12(24)8(13(25)28-17(4,5)6)14(26)29-22-7-19-9-10(22)20-15(18)21-11(9)23/h7-8H,1-6H3,(H3,18,20,21,23). The largest absolute Gasteiger partial charge is 0.459 e. The van der Waals surface area contributed by atoms with Crippen molar-refractivity contribution in [1.82, 2.24) is 19.7 Å². The van der Waals surface area contributed by atoms with Crippen molar-refractivity contribution in [3.8, 4) is 0 Å². The minimum atomic E-state index is -2.02. The number of anilines is 1. The summed E-state index contributed by atoms with van der Waals surface area (Å²) in [6.07, 6.45) is 0.978. The number of hydrogen-bond donors (Lipinski definition) is 2. The van der Waals surface area contributed by atoms with Crippen molar-refractivity contribution in [3.05, 3.63) is 16.7 Å². The molecule has 0 aliphatic heterocycles. The Balaban J connectivity index is 2.38. The lowest BCUT2D eigenvalue weighted by atomic mass is 10.1. The smallest absolute Gasteiger partial charge is 0.358 e. The normalized spacial score (nSPS) is 12.1. The molecular formula is C17H23N5O7. The lowest BCUT2D eigenvalue weighted by Gasteiger charge is -2.25. The Morgan fingerprint density at radius 1 is 1.03 bits per heavy atom. The van der Waals surface area contributed by atoms with Crippen molar-refractivity contribution < 1.29 is 28.7 Å². The first-order valence-electron chi connectivity index (χ1n) is 8.59. The summed E-state index contributed by atoms with van der Waals surface area (Å²) in [7, 11) is 0. The summed E-state index contributed by atoms with van der Waals surface area (Å²) in [5.41, 5.74) is 2.56. The zero-order valence-electron chi connectivity index (χ0n) is 16.9. The Kier molecular flexibility index (Phi) is 5.67. The van der Waals surface area contributed by atoms with Crippen LogP contribution in [0.4, 0.5) is 5.95 Å². The fraction of sp³-hybridized carbons (Fsp3) is 0.529. The summed E-state index contributed by atoms with van der Waals surface area (Å²) < 4.78 is 11.0. The van der Waals surface area contributed by atoms with Gasteiger partial charge in [0, 0.05) is 0 Å². The molecule has 0 aliphatic carbocycles. The van der Waals surface area contributed by atoms with Crippen LogP contribution < -0.4 is 16.1 Å².